The molecule has 2 N–H and O–H groups in total. The van der Waals surface area contributed by atoms with Crippen LogP contribution in [0.15, 0.2) is 18.5 Å². The van der Waals surface area contributed by atoms with Gasteiger partial charge in [-0.05, 0) is 13.0 Å². The standard InChI is InChI=1S/C11H17N7/c1-9-7-17(6-4-12-9)11-14-10(15-16-11)8-18-5-2-3-13-18/h2-3,5,9,12H,4,6-8H2,1H3,(H,14,15,16)/t9-/m1/s1. The number of hydrogen-bond acceptors (Lipinski definition) is 5. The van der Waals surface area contributed by atoms with Gasteiger partial charge in [-0.3, -0.25) is 9.78 Å². The molecule has 1 aliphatic heterocycles. The van der Waals surface area contributed by atoms with Crippen LogP contribution in [0.5, 0.6) is 0 Å². The Morgan fingerprint density at radius 3 is 3.22 bits per heavy atom. The number of aromatic amines is 1. The molecule has 2 aromatic rings. The maximum Gasteiger partial charge on any atom is 0.244 e. The van der Waals surface area contributed by atoms with Gasteiger partial charge in [-0.2, -0.15) is 10.1 Å². The molecule has 7 nitrogen and oxygen atoms in total. The van der Waals surface area contributed by atoms with Crippen molar-refractivity contribution in [1.82, 2.24) is 30.3 Å². The van der Waals surface area contributed by atoms with Gasteiger partial charge >= 0.3 is 0 Å². The molecule has 0 spiro atoms. The van der Waals surface area contributed by atoms with Crippen molar-refractivity contribution in [2.24, 2.45) is 0 Å². The number of piperazine rings is 1. The fourth-order valence-electron chi connectivity index (χ4n) is 2.16. The predicted molar refractivity (Wildman–Crippen MR) is 67.4 cm³/mol. The molecule has 3 heterocycles. The van der Waals surface area contributed by atoms with E-state index in [0.29, 0.717) is 12.6 Å². The van der Waals surface area contributed by atoms with Gasteiger partial charge in [0, 0.05) is 38.1 Å². The van der Waals surface area contributed by atoms with Gasteiger partial charge in [0.15, 0.2) is 0 Å². The van der Waals surface area contributed by atoms with E-state index < -0.39 is 0 Å². The molecular formula is C11H17N7. The van der Waals surface area contributed by atoms with Crippen molar-refractivity contribution >= 4 is 5.95 Å². The summed E-state index contributed by atoms with van der Waals surface area (Å²) in [5.74, 6) is 1.62. The lowest BCUT2D eigenvalue weighted by atomic mass is 10.2. The van der Waals surface area contributed by atoms with Crippen molar-refractivity contribution in [1.29, 1.82) is 0 Å². The zero-order valence-corrected chi connectivity index (χ0v) is 10.4. The van der Waals surface area contributed by atoms with E-state index in [1.54, 1.807) is 6.20 Å². The molecule has 1 atom stereocenters. The van der Waals surface area contributed by atoms with Crippen molar-refractivity contribution in [3.8, 4) is 0 Å². The van der Waals surface area contributed by atoms with Crippen LogP contribution in [0.4, 0.5) is 5.95 Å². The Morgan fingerprint density at radius 1 is 1.50 bits per heavy atom. The third-order valence-corrected chi connectivity index (χ3v) is 3.04. The highest BCUT2D eigenvalue weighted by atomic mass is 15.4. The van der Waals surface area contributed by atoms with E-state index in [1.165, 1.54) is 0 Å². The summed E-state index contributed by atoms with van der Waals surface area (Å²) in [6.45, 7) is 5.66. The van der Waals surface area contributed by atoms with Crippen molar-refractivity contribution in [3.63, 3.8) is 0 Å². The molecule has 3 rings (SSSR count). The molecule has 0 amide bonds. The fourth-order valence-corrected chi connectivity index (χ4v) is 2.16. The first-order valence-electron chi connectivity index (χ1n) is 6.18. The first-order chi connectivity index (χ1) is 8.81. The van der Waals surface area contributed by atoms with Crippen LogP contribution in [0.2, 0.25) is 0 Å². The normalized spacial score (nSPS) is 20.3. The van der Waals surface area contributed by atoms with E-state index >= 15 is 0 Å². The van der Waals surface area contributed by atoms with Crippen molar-refractivity contribution in [3.05, 3.63) is 24.3 Å². The maximum atomic E-state index is 4.51. The topological polar surface area (TPSA) is 74.7 Å². The molecule has 0 saturated carbocycles. The van der Waals surface area contributed by atoms with Crippen molar-refractivity contribution < 1.29 is 0 Å². The molecule has 96 valence electrons. The smallest absolute Gasteiger partial charge is 0.244 e. The Bertz CT molecular complexity index is 489. The molecule has 1 saturated heterocycles. The highest BCUT2D eigenvalue weighted by Crippen LogP contribution is 2.10. The minimum atomic E-state index is 0.479. The Balaban J connectivity index is 1.69. The second-order valence-electron chi connectivity index (χ2n) is 4.59. The summed E-state index contributed by atoms with van der Waals surface area (Å²) in [6.07, 6.45) is 3.67. The van der Waals surface area contributed by atoms with Gasteiger partial charge in [0.2, 0.25) is 5.95 Å². The lowest BCUT2D eigenvalue weighted by molar-refractivity contribution is 0.479. The molecule has 0 aromatic carbocycles. The zero-order valence-electron chi connectivity index (χ0n) is 10.4. The van der Waals surface area contributed by atoms with Gasteiger partial charge < -0.3 is 10.2 Å². The number of hydrogen-bond donors (Lipinski definition) is 2. The SMILES string of the molecule is C[C@@H]1CN(c2n[nH]c(Cn3cccn3)n2)CCN1. The Morgan fingerprint density at radius 2 is 2.44 bits per heavy atom. The van der Waals surface area contributed by atoms with Gasteiger partial charge in [-0.15, -0.1) is 5.10 Å². The first-order valence-corrected chi connectivity index (χ1v) is 6.18. The molecule has 18 heavy (non-hydrogen) atoms. The molecule has 1 aliphatic rings. The largest absolute Gasteiger partial charge is 0.337 e. The molecule has 2 aromatic heterocycles. The van der Waals surface area contributed by atoms with Crippen LogP contribution in [0.1, 0.15) is 12.7 Å². The number of rotatable bonds is 3. The Hall–Kier alpha value is -1.89. The van der Waals surface area contributed by atoms with Gasteiger partial charge in [0.25, 0.3) is 0 Å². The van der Waals surface area contributed by atoms with E-state index in [-0.39, 0.29) is 0 Å². The van der Waals surface area contributed by atoms with E-state index in [2.05, 4.69) is 37.4 Å². The quantitative estimate of drug-likeness (QED) is 0.789. The number of nitrogens with zero attached hydrogens (tertiary/aromatic N) is 5. The van der Waals surface area contributed by atoms with Gasteiger partial charge in [0.1, 0.15) is 12.4 Å². The molecular weight excluding hydrogens is 230 g/mol. The predicted octanol–water partition coefficient (Wildman–Crippen LogP) is -0.152. The lowest BCUT2D eigenvalue weighted by Crippen LogP contribution is -2.49. The summed E-state index contributed by atoms with van der Waals surface area (Å²) in [5, 5.41) is 14.8. The summed E-state index contributed by atoms with van der Waals surface area (Å²) < 4.78 is 1.82. The highest BCUT2D eigenvalue weighted by Gasteiger charge is 2.19. The minimum absolute atomic E-state index is 0.479. The summed E-state index contributed by atoms with van der Waals surface area (Å²) in [4.78, 5) is 6.71. The number of anilines is 1. The zero-order chi connectivity index (χ0) is 12.4. The van der Waals surface area contributed by atoms with E-state index in [0.717, 1.165) is 31.4 Å². The summed E-state index contributed by atoms with van der Waals surface area (Å²) in [7, 11) is 0. The number of nitrogens with one attached hydrogen (secondary N) is 2. The van der Waals surface area contributed by atoms with Crippen LogP contribution in [0, 0.1) is 0 Å². The average molecular weight is 247 g/mol. The summed E-state index contributed by atoms with van der Waals surface area (Å²) in [5.41, 5.74) is 0. The molecule has 0 radical (unpaired) electrons. The number of aromatic nitrogens is 5. The molecule has 1 fully saturated rings. The third kappa shape index (κ3) is 2.35. The Kier molecular flexibility index (Phi) is 2.97. The van der Waals surface area contributed by atoms with E-state index in [9.17, 15) is 0 Å². The first kappa shape index (κ1) is 11.2. The summed E-state index contributed by atoms with van der Waals surface area (Å²) in [6, 6.07) is 2.38. The third-order valence-electron chi connectivity index (χ3n) is 3.04. The minimum Gasteiger partial charge on any atom is -0.337 e. The fraction of sp³-hybridized carbons (Fsp3) is 0.545. The van der Waals surface area contributed by atoms with Gasteiger partial charge in [-0.25, -0.2) is 0 Å². The average Bonchev–Trinajstić information content (AvgIpc) is 3.01. The van der Waals surface area contributed by atoms with E-state index in [1.807, 2.05) is 16.9 Å². The van der Waals surface area contributed by atoms with Crippen LogP contribution in [-0.4, -0.2) is 50.6 Å². The maximum absolute atomic E-state index is 4.51. The van der Waals surface area contributed by atoms with E-state index in [4.69, 9.17) is 0 Å². The number of H-pyrrole nitrogens is 1. The monoisotopic (exact) mass is 247 g/mol. The van der Waals surface area contributed by atoms with Crippen molar-refractivity contribution in [2.75, 3.05) is 24.5 Å². The molecule has 0 bridgehead atoms. The highest BCUT2D eigenvalue weighted by molar-refractivity contribution is 5.30. The second-order valence-corrected chi connectivity index (χ2v) is 4.59. The van der Waals surface area contributed by atoms with Crippen LogP contribution in [0.3, 0.4) is 0 Å². The van der Waals surface area contributed by atoms with Crippen LogP contribution in [0.25, 0.3) is 0 Å². The molecule has 0 unspecified atom stereocenters. The van der Waals surface area contributed by atoms with Crippen molar-refractivity contribution in [2.45, 2.75) is 19.5 Å². The van der Waals surface area contributed by atoms with Crippen LogP contribution in [-0.2, 0) is 6.54 Å². The van der Waals surface area contributed by atoms with Crippen LogP contribution >= 0.6 is 0 Å². The molecule has 7 heteroatoms. The van der Waals surface area contributed by atoms with Crippen LogP contribution < -0.4 is 10.2 Å². The van der Waals surface area contributed by atoms with Gasteiger partial charge in [0.05, 0.1) is 0 Å². The second kappa shape index (κ2) is 4.77. The lowest BCUT2D eigenvalue weighted by Gasteiger charge is -2.30. The Labute approximate surface area is 105 Å². The summed E-state index contributed by atoms with van der Waals surface area (Å²) >= 11 is 0. The van der Waals surface area contributed by atoms with Gasteiger partial charge in [-0.1, -0.05) is 0 Å². The molecule has 0 aliphatic carbocycles.